The molecule has 0 fully saturated rings. The Morgan fingerprint density at radius 3 is 3.05 bits per heavy atom. The number of nitrogens with two attached hydrogens (primary N) is 1. The molecule has 0 bridgehead atoms. The Kier molecular flexibility index (Phi) is 5.71. The minimum Gasteiger partial charge on any atom is -0.399 e. The van der Waals surface area contributed by atoms with Gasteiger partial charge in [-0.1, -0.05) is 19.1 Å². The number of nitrogens with zero attached hydrogens (tertiary/aromatic N) is 1. The Morgan fingerprint density at radius 2 is 2.29 bits per heavy atom. The van der Waals surface area contributed by atoms with Crippen LogP contribution in [0, 0.1) is 0 Å². The molecule has 0 radical (unpaired) electrons. The van der Waals surface area contributed by atoms with E-state index in [4.69, 9.17) is 10.5 Å². The molecule has 21 heavy (non-hydrogen) atoms. The summed E-state index contributed by atoms with van der Waals surface area (Å²) < 4.78 is 5.29. The average molecular weight is 305 g/mol. The van der Waals surface area contributed by atoms with E-state index in [1.807, 2.05) is 36.6 Å². The molecule has 1 amide bonds. The van der Waals surface area contributed by atoms with Crippen LogP contribution in [0.15, 0.2) is 29.6 Å². The van der Waals surface area contributed by atoms with Crippen LogP contribution < -0.4 is 11.1 Å². The number of thiazole rings is 1. The van der Waals surface area contributed by atoms with Crippen LogP contribution in [-0.4, -0.2) is 24.1 Å². The van der Waals surface area contributed by atoms with Crippen molar-refractivity contribution in [3.63, 3.8) is 0 Å². The van der Waals surface area contributed by atoms with Gasteiger partial charge in [-0.2, -0.15) is 0 Å². The van der Waals surface area contributed by atoms with E-state index in [0.29, 0.717) is 30.5 Å². The second kappa shape index (κ2) is 7.75. The van der Waals surface area contributed by atoms with E-state index in [0.717, 1.165) is 17.7 Å². The molecule has 6 heteroatoms. The molecule has 5 nitrogen and oxygen atoms in total. The van der Waals surface area contributed by atoms with Crippen LogP contribution in [0.1, 0.15) is 19.8 Å². The summed E-state index contributed by atoms with van der Waals surface area (Å²) in [7, 11) is 0. The summed E-state index contributed by atoms with van der Waals surface area (Å²) in [6.07, 6.45) is 1.30. The van der Waals surface area contributed by atoms with Crippen molar-refractivity contribution in [1.29, 1.82) is 0 Å². The zero-order chi connectivity index (χ0) is 15.1. The van der Waals surface area contributed by atoms with E-state index in [9.17, 15) is 4.79 Å². The predicted octanol–water partition coefficient (Wildman–Crippen LogP) is 3.15. The number of aromatic nitrogens is 1. The number of amides is 1. The quantitative estimate of drug-likeness (QED) is 0.608. The highest BCUT2D eigenvalue weighted by molar-refractivity contribution is 7.14. The van der Waals surface area contributed by atoms with Gasteiger partial charge in [0.2, 0.25) is 5.91 Å². The minimum atomic E-state index is -0.0837. The Labute approximate surface area is 128 Å². The molecule has 1 aromatic heterocycles. The van der Waals surface area contributed by atoms with Gasteiger partial charge in [-0.15, -0.1) is 11.3 Å². The summed E-state index contributed by atoms with van der Waals surface area (Å²) >= 11 is 1.40. The Hall–Kier alpha value is -1.92. The summed E-state index contributed by atoms with van der Waals surface area (Å²) in [4.78, 5) is 16.1. The molecule has 0 spiro atoms. The van der Waals surface area contributed by atoms with Crippen LogP contribution in [-0.2, 0) is 9.53 Å². The number of carbonyl (C=O) groups excluding carboxylic acids is 1. The first-order valence-electron chi connectivity index (χ1n) is 6.88. The fraction of sp³-hybridized carbons (Fsp3) is 0.333. The van der Waals surface area contributed by atoms with E-state index in [2.05, 4.69) is 10.3 Å². The minimum absolute atomic E-state index is 0.0837. The van der Waals surface area contributed by atoms with Crippen molar-refractivity contribution < 1.29 is 9.53 Å². The van der Waals surface area contributed by atoms with Crippen LogP contribution in [0.4, 0.5) is 10.8 Å². The first-order valence-corrected chi connectivity index (χ1v) is 7.76. The Bertz CT molecular complexity index is 598. The maximum atomic E-state index is 11.7. The lowest BCUT2D eigenvalue weighted by molar-refractivity contribution is -0.117. The van der Waals surface area contributed by atoms with E-state index in [1.165, 1.54) is 11.3 Å². The normalized spacial score (nSPS) is 10.5. The molecule has 0 aliphatic rings. The van der Waals surface area contributed by atoms with Gasteiger partial charge in [-0.3, -0.25) is 4.79 Å². The van der Waals surface area contributed by atoms with E-state index in [-0.39, 0.29) is 5.91 Å². The fourth-order valence-corrected chi connectivity index (χ4v) is 2.49. The maximum absolute atomic E-state index is 11.7. The van der Waals surface area contributed by atoms with Crippen LogP contribution >= 0.6 is 11.3 Å². The zero-order valence-corrected chi connectivity index (χ0v) is 12.8. The summed E-state index contributed by atoms with van der Waals surface area (Å²) in [6.45, 7) is 3.16. The monoisotopic (exact) mass is 305 g/mol. The number of rotatable bonds is 7. The van der Waals surface area contributed by atoms with Gasteiger partial charge in [0.25, 0.3) is 0 Å². The molecule has 0 saturated carbocycles. The predicted molar refractivity (Wildman–Crippen MR) is 86.3 cm³/mol. The Morgan fingerprint density at radius 1 is 1.43 bits per heavy atom. The second-order valence-corrected chi connectivity index (χ2v) is 5.43. The molecule has 0 atom stereocenters. The topological polar surface area (TPSA) is 77.2 Å². The van der Waals surface area contributed by atoms with Crippen molar-refractivity contribution in [3.8, 4) is 11.3 Å². The smallest absolute Gasteiger partial charge is 0.228 e. The summed E-state index contributed by atoms with van der Waals surface area (Å²) in [5.74, 6) is -0.0837. The van der Waals surface area contributed by atoms with E-state index in [1.54, 1.807) is 0 Å². The van der Waals surface area contributed by atoms with Crippen molar-refractivity contribution in [1.82, 2.24) is 4.98 Å². The van der Waals surface area contributed by atoms with Gasteiger partial charge >= 0.3 is 0 Å². The number of hydrogen-bond donors (Lipinski definition) is 2. The third-order valence-corrected chi connectivity index (χ3v) is 3.51. The number of ether oxygens (including phenoxy) is 1. The molecule has 2 aromatic rings. The van der Waals surface area contributed by atoms with Gasteiger partial charge in [0.05, 0.1) is 18.7 Å². The molecule has 2 rings (SSSR count). The number of nitrogens with one attached hydrogen (secondary N) is 1. The number of anilines is 2. The third-order valence-electron chi connectivity index (χ3n) is 2.75. The van der Waals surface area contributed by atoms with Gasteiger partial charge in [0.15, 0.2) is 5.13 Å². The molecule has 1 aromatic carbocycles. The van der Waals surface area contributed by atoms with Crippen LogP contribution in [0.3, 0.4) is 0 Å². The van der Waals surface area contributed by atoms with Gasteiger partial charge in [-0.05, 0) is 18.6 Å². The van der Waals surface area contributed by atoms with Crippen molar-refractivity contribution in [2.24, 2.45) is 0 Å². The first kappa shape index (κ1) is 15.5. The summed E-state index contributed by atoms with van der Waals surface area (Å²) in [6, 6.07) is 7.51. The molecule has 0 unspecified atom stereocenters. The standard InChI is InChI=1S/C15H19N3O2S/c1-2-7-20-8-6-14(19)18-15-17-13(10-21-15)11-4-3-5-12(16)9-11/h3-5,9-10H,2,6-8,16H2,1H3,(H,17,18,19). The number of benzene rings is 1. The van der Waals surface area contributed by atoms with Gasteiger partial charge in [0, 0.05) is 23.2 Å². The largest absolute Gasteiger partial charge is 0.399 e. The molecule has 3 N–H and O–H groups in total. The highest BCUT2D eigenvalue weighted by Crippen LogP contribution is 2.26. The molecule has 0 saturated heterocycles. The lowest BCUT2D eigenvalue weighted by Crippen LogP contribution is -2.14. The number of hydrogen-bond acceptors (Lipinski definition) is 5. The molecular formula is C15H19N3O2S. The van der Waals surface area contributed by atoms with Crippen molar-refractivity contribution in [2.75, 3.05) is 24.3 Å². The molecular weight excluding hydrogens is 286 g/mol. The second-order valence-electron chi connectivity index (χ2n) is 4.57. The zero-order valence-electron chi connectivity index (χ0n) is 12.0. The van der Waals surface area contributed by atoms with Crippen molar-refractivity contribution in [3.05, 3.63) is 29.6 Å². The first-order chi connectivity index (χ1) is 10.2. The fourth-order valence-electron chi connectivity index (χ4n) is 1.75. The molecule has 1 heterocycles. The van der Waals surface area contributed by atoms with Crippen molar-refractivity contribution >= 4 is 28.1 Å². The van der Waals surface area contributed by atoms with Gasteiger partial charge in [0.1, 0.15) is 0 Å². The van der Waals surface area contributed by atoms with Gasteiger partial charge < -0.3 is 15.8 Å². The highest BCUT2D eigenvalue weighted by atomic mass is 32.1. The van der Waals surface area contributed by atoms with Crippen molar-refractivity contribution in [2.45, 2.75) is 19.8 Å². The average Bonchev–Trinajstić information content (AvgIpc) is 2.92. The summed E-state index contributed by atoms with van der Waals surface area (Å²) in [5, 5.41) is 5.27. The third kappa shape index (κ3) is 4.84. The van der Waals surface area contributed by atoms with E-state index >= 15 is 0 Å². The molecule has 112 valence electrons. The van der Waals surface area contributed by atoms with Gasteiger partial charge in [-0.25, -0.2) is 4.98 Å². The van der Waals surface area contributed by atoms with E-state index < -0.39 is 0 Å². The lowest BCUT2D eigenvalue weighted by Gasteiger charge is -2.02. The maximum Gasteiger partial charge on any atom is 0.228 e. The Balaban J connectivity index is 1.90. The molecule has 0 aliphatic carbocycles. The SMILES string of the molecule is CCCOCCC(=O)Nc1nc(-c2cccc(N)c2)cs1. The number of carbonyl (C=O) groups is 1. The number of nitrogen functional groups attached to an aromatic ring is 1. The van der Waals surface area contributed by atoms with Crippen LogP contribution in [0.25, 0.3) is 11.3 Å². The van der Waals surface area contributed by atoms with Crippen LogP contribution in [0.5, 0.6) is 0 Å². The lowest BCUT2D eigenvalue weighted by atomic mass is 10.1. The van der Waals surface area contributed by atoms with Crippen LogP contribution in [0.2, 0.25) is 0 Å². The highest BCUT2D eigenvalue weighted by Gasteiger charge is 2.08. The summed E-state index contributed by atoms with van der Waals surface area (Å²) in [5.41, 5.74) is 8.20. The molecule has 0 aliphatic heterocycles.